The van der Waals surface area contributed by atoms with Gasteiger partial charge in [0.1, 0.15) is 0 Å². The average Bonchev–Trinajstić information content (AvgIpc) is 2.51. The molecule has 0 saturated heterocycles. The van der Waals surface area contributed by atoms with Crippen LogP contribution < -0.4 is 4.83 Å². The second kappa shape index (κ2) is 8.97. The smallest absolute Gasteiger partial charge is 0.258 e. The van der Waals surface area contributed by atoms with Crippen molar-refractivity contribution in [1.29, 1.82) is 0 Å². The van der Waals surface area contributed by atoms with E-state index >= 15 is 0 Å². The summed E-state index contributed by atoms with van der Waals surface area (Å²) < 4.78 is 24.0. The zero-order chi connectivity index (χ0) is 18.2. The Bertz CT molecular complexity index is 759. The number of rotatable bonds is 8. The lowest BCUT2D eigenvalue weighted by molar-refractivity contribution is -0.384. The Balaban J connectivity index is 2.64. The first-order valence-corrected chi connectivity index (χ1v) is 8.79. The molecule has 130 valence electrons. The number of nitrogens with one attached hydrogen (secondary N) is 1. The topological polar surface area (TPSA) is 102 Å². The molecule has 0 amide bonds. The zero-order valence-electron chi connectivity index (χ0n) is 13.9. The minimum absolute atomic E-state index is 0.0884. The Hall–Kier alpha value is -2.48. The molecule has 0 aliphatic carbocycles. The van der Waals surface area contributed by atoms with E-state index in [1.807, 2.05) is 20.8 Å². The second-order valence-electron chi connectivity index (χ2n) is 5.46. The minimum Gasteiger partial charge on any atom is -0.258 e. The summed E-state index contributed by atoms with van der Waals surface area (Å²) >= 11 is 0. The fraction of sp³-hybridized carbons (Fsp3) is 0.312. The quantitative estimate of drug-likeness (QED) is 0.335. The molecule has 1 N–H and O–H groups in total. The molecule has 0 heterocycles. The van der Waals surface area contributed by atoms with Crippen molar-refractivity contribution in [2.75, 3.05) is 0 Å². The highest BCUT2D eigenvalue weighted by Gasteiger charge is 2.14. The van der Waals surface area contributed by atoms with Gasteiger partial charge in [-0.3, -0.25) is 10.1 Å². The van der Waals surface area contributed by atoms with Gasteiger partial charge in [-0.2, -0.15) is 13.5 Å². The molecule has 0 unspecified atom stereocenters. The third-order valence-electron chi connectivity index (χ3n) is 3.06. The zero-order valence-corrected chi connectivity index (χ0v) is 14.7. The van der Waals surface area contributed by atoms with Gasteiger partial charge in [-0.1, -0.05) is 17.2 Å². The molecule has 1 rings (SSSR count). The predicted molar refractivity (Wildman–Crippen MR) is 94.3 cm³/mol. The van der Waals surface area contributed by atoms with E-state index in [-0.39, 0.29) is 10.6 Å². The summed E-state index contributed by atoms with van der Waals surface area (Å²) in [4.78, 5) is 11.9. The van der Waals surface area contributed by atoms with Gasteiger partial charge in [0.15, 0.2) is 0 Å². The van der Waals surface area contributed by atoms with Crippen molar-refractivity contribution >= 4 is 21.9 Å². The number of hydrogen-bond acceptors (Lipinski definition) is 5. The van der Waals surface area contributed by atoms with Gasteiger partial charge in [-0.25, -0.2) is 4.83 Å². The van der Waals surface area contributed by atoms with Crippen molar-refractivity contribution in [3.05, 3.63) is 57.7 Å². The lowest BCUT2D eigenvalue weighted by atomic mass is 10.1. The van der Waals surface area contributed by atoms with Crippen LogP contribution in [0.2, 0.25) is 0 Å². The van der Waals surface area contributed by atoms with E-state index in [9.17, 15) is 18.5 Å². The van der Waals surface area contributed by atoms with Crippen molar-refractivity contribution < 1.29 is 13.3 Å². The number of nitro groups is 1. The van der Waals surface area contributed by atoms with Crippen molar-refractivity contribution in [2.24, 2.45) is 5.10 Å². The van der Waals surface area contributed by atoms with Gasteiger partial charge < -0.3 is 0 Å². The Morgan fingerprint density at radius 1 is 1.25 bits per heavy atom. The fourth-order valence-corrected chi connectivity index (χ4v) is 2.54. The first-order valence-electron chi connectivity index (χ1n) is 7.31. The highest BCUT2D eigenvalue weighted by Crippen LogP contribution is 2.15. The first kappa shape index (κ1) is 19.6. The molecule has 0 fully saturated rings. The van der Waals surface area contributed by atoms with Crippen molar-refractivity contribution in [1.82, 2.24) is 4.83 Å². The van der Waals surface area contributed by atoms with Crippen LogP contribution in [0.4, 0.5) is 5.69 Å². The number of hydrogen-bond donors (Lipinski definition) is 1. The number of hydrazone groups is 1. The number of nitrogens with zero attached hydrogens (tertiary/aromatic N) is 2. The second-order valence-corrected chi connectivity index (χ2v) is 7.12. The van der Waals surface area contributed by atoms with Crippen LogP contribution in [-0.4, -0.2) is 19.6 Å². The molecule has 24 heavy (non-hydrogen) atoms. The number of allylic oxidation sites excluding steroid dienone is 4. The van der Waals surface area contributed by atoms with Crippen LogP contribution in [0.1, 0.15) is 33.6 Å². The first-order chi connectivity index (χ1) is 11.2. The van der Waals surface area contributed by atoms with Crippen LogP contribution in [0.3, 0.4) is 0 Å². The molecule has 0 radical (unpaired) electrons. The van der Waals surface area contributed by atoms with E-state index in [1.54, 1.807) is 6.08 Å². The van der Waals surface area contributed by atoms with Crippen molar-refractivity contribution in [2.45, 2.75) is 38.5 Å². The number of benzene rings is 1. The normalized spacial score (nSPS) is 12.2. The Kier molecular flexibility index (Phi) is 7.31. The number of sulfonamides is 1. The van der Waals surface area contributed by atoms with E-state index in [0.29, 0.717) is 0 Å². The highest BCUT2D eigenvalue weighted by molar-refractivity contribution is 7.89. The van der Waals surface area contributed by atoms with E-state index in [2.05, 4.69) is 16.0 Å². The summed E-state index contributed by atoms with van der Waals surface area (Å²) in [5.41, 5.74) is 2.16. The van der Waals surface area contributed by atoms with Gasteiger partial charge in [0.25, 0.3) is 15.7 Å². The van der Waals surface area contributed by atoms with E-state index in [4.69, 9.17) is 0 Å². The van der Waals surface area contributed by atoms with Gasteiger partial charge in [0, 0.05) is 18.3 Å². The molecule has 1 aromatic carbocycles. The monoisotopic (exact) mass is 351 g/mol. The third kappa shape index (κ3) is 6.74. The van der Waals surface area contributed by atoms with E-state index < -0.39 is 14.9 Å². The molecule has 0 bridgehead atoms. The highest BCUT2D eigenvalue weighted by atomic mass is 32.2. The van der Waals surface area contributed by atoms with Crippen LogP contribution >= 0.6 is 0 Å². The van der Waals surface area contributed by atoms with Gasteiger partial charge in [-0.15, -0.1) is 0 Å². The van der Waals surface area contributed by atoms with Crippen LogP contribution in [0.15, 0.2) is 57.6 Å². The summed E-state index contributed by atoms with van der Waals surface area (Å²) in [6.45, 7) is 6.01. The van der Waals surface area contributed by atoms with Crippen molar-refractivity contribution in [3.63, 3.8) is 0 Å². The number of non-ortho nitro benzene ring substituents is 1. The maximum atomic E-state index is 12.0. The van der Waals surface area contributed by atoms with Crippen LogP contribution in [0.25, 0.3) is 0 Å². The van der Waals surface area contributed by atoms with Crippen LogP contribution in [0.5, 0.6) is 0 Å². The molecule has 0 aliphatic heterocycles. The number of nitro benzene ring substituents is 1. The lowest BCUT2D eigenvalue weighted by Gasteiger charge is -2.02. The molecule has 0 spiro atoms. The molecular formula is C16H21N3O4S. The predicted octanol–water partition coefficient (Wildman–Crippen LogP) is 3.55. The average molecular weight is 351 g/mol. The van der Waals surface area contributed by atoms with Gasteiger partial charge in [0.2, 0.25) is 0 Å². The largest absolute Gasteiger partial charge is 0.276 e. The van der Waals surface area contributed by atoms with Gasteiger partial charge in [-0.05, 0) is 51.8 Å². The molecule has 8 heteroatoms. The maximum absolute atomic E-state index is 12.0. The summed E-state index contributed by atoms with van der Waals surface area (Å²) in [5.74, 6) is 0. The van der Waals surface area contributed by atoms with Gasteiger partial charge in [0.05, 0.1) is 9.82 Å². The van der Waals surface area contributed by atoms with Crippen LogP contribution in [0, 0.1) is 10.1 Å². The van der Waals surface area contributed by atoms with Crippen molar-refractivity contribution in [3.8, 4) is 0 Å². The summed E-state index contributed by atoms with van der Waals surface area (Å²) in [6.07, 6.45) is 7.03. The van der Waals surface area contributed by atoms with E-state index in [0.717, 1.165) is 42.7 Å². The Labute approximate surface area is 142 Å². The molecule has 0 atom stereocenters. The molecule has 7 nitrogen and oxygen atoms in total. The Morgan fingerprint density at radius 2 is 1.88 bits per heavy atom. The molecule has 0 aromatic heterocycles. The fourth-order valence-electron chi connectivity index (χ4n) is 1.74. The summed E-state index contributed by atoms with van der Waals surface area (Å²) in [5, 5.41) is 14.2. The maximum Gasteiger partial charge on any atom is 0.276 e. The SMILES string of the molecule is CC(C)=CCC/C(C)=C\C=N\NS(=O)(=O)c1ccc([N+](=O)[O-])cc1. The minimum atomic E-state index is -3.84. The molecule has 0 aliphatic rings. The molecule has 1 aromatic rings. The Morgan fingerprint density at radius 3 is 2.42 bits per heavy atom. The molecular weight excluding hydrogens is 330 g/mol. The third-order valence-corrected chi connectivity index (χ3v) is 4.29. The summed E-state index contributed by atoms with van der Waals surface area (Å²) in [6, 6.07) is 4.59. The van der Waals surface area contributed by atoms with Gasteiger partial charge >= 0.3 is 0 Å². The van der Waals surface area contributed by atoms with E-state index in [1.165, 1.54) is 11.8 Å². The molecule has 0 saturated carbocycles. The van der Waals surface area contributed by atoms with Crippen LogP contribution in [-0.2, 0) is 10.0 Å². The standard InChI is InChI=1S/C16H21N3O4S/c1-13(2)5-4-6-14(3)11-12-17-18-24(22,23)16-9-7-15(8-10-16)19(20)21/h5,7-12,18H,4,6H2,1-3H3/b14-11-,17-12+. The summed E-state index contributed by atoms with van der Waals surface area (Å²) in [7, 11) is -3.84. The lowest BCUT2D eigenvalue weighted by Crippen LogP contribution is -2.18.